The Labute approximate surface area is 118 Å². The second-order valence-electron chi connectivity index (χ2n) is 3.95. The number of non-ortho nitro benzene ring substituents is 1. The molecule has 0 saturated carbocycles. The van der Waals surface area contributed by atoms with Crippen LogP contribution < -0.4 is 11.1 Å². The third-order valence-corrected chi connectivity index (χ3v) is 2.75. The van der Waals surface area contributed by atoms with Crippen LogP contribution in [0.25, 0.3) is 0 Å². The number of halogens is 1. The molecule has 4 N–H and O–H groups in total. The van der Waals surface area contributed by atoms with Crippen molar-refractivity contribution in [2.24, 2.45) is 5.73 Å². The van der Waals surface area contributed by atoms with E-state index in [0.717, 1.165) is 6.07 Å². The van der Waals surface area contributed by atoms with Crippen molar-refractivity contribution in [2.75, 3.05) is 5.32 Å². The predicted octanol–water partition coefficient (Wildman–Crippen LogP) is 1.38. The molecule has 0 fully saturated rings. The number of carbonyl (C=O) groups excluding carboxylic acids is 1. The van der Waals surface area contributed by atoms with Crippen LogP contribution in [-0.2, 0) is 9.59 Å². The molecule has 0 aliphatic heterocycles. The monoisotopic (exact) mass is 301 g/mol. The van der Waals surface area contributed by atoms with E-state index in [4.69, 9.17) is 22.4 Å². The summed E-state index contributed by atoms with van der Waals surface area (Å²) in [5.74, 6) is -1.73. The van der Waals surface area contributed by atoms with Crippen molar-refractivity contribution < 1.29 is 19.6 Å². The van der Waals surface area contributed by atoms with Gasteiger partial charge in [-0.25, -0.2) is 0 Å². The Kier molecular flexibility index (Phi) is 5.42. The number of nitro groups is 1. The highest BCUT2D eigenvalue weighted by Gasteiger charge is 2.17. The zero-order valence-electron chi connectivity index (χ0n) is 10.2. The van der Waals surface area contributed by atoms with E-state index in [0.29, 0.717) is 0 Å². The van der Waals surface area contributed by atoms with Gasteiger partial charge in [-0.1, -0.05) is 11.6 Å². The van der Waals surface area contributed by atoms with Gasteiger partial charge >= 0.3 is 5.97 Å². The zero-order valence-corrected chi connectivity index (χ0v) is 11.0. The maximum atomic E-state index is 11.7. The van der Waals surface area contributed by atoms with Gasteiger partial charge in [0.1, 0.15) is 0 Å². The molecule has 20 heavy (non-hydrogen) atoms. The summed E-state index contributed by atoms with van der Waals surface area (Å²) in [6.45, 7) is 0. The highest BCUT2D eigenvalue weighted by molar-refractivity contribution is 6.33. The van der Waals surface area contributed by atoms with E-state index < -0.39 is 22.8 Å². The van der Waals surface area contributed by atoms with Gasteiger partial charge in [-0.05, 0) is 12.5 Å². The number of nitro benzene ring substituents is 1. The van der Waals surface area contributed by atoms with Crippen molar-refractivity contribution in [3.05, 3.63) is 33.3 Å². The first-order valence-corrected chi connectivity index (χ1v) is 5.91. The molecule has 0 radical (unpaired) electrons. The fourth-order valence-corrected chi connectivity index (χ4v) is 1.52. The Morgan fingerprint density at radius 3 is 2.70 bits per heavy atom. The number of benzene rings is 1. The second-order valence-corrected chi connectivity index (χ2v) is 4.36. The number of nitrogens with zero attached hydrogens (tertiary/aromatic N) is 1. The average molecular weight is 302 g/mol. The highest BCUT2D eigenvalue weighted by atomic mass is 35.5. The molecule has 0 aliphatic rings. The first kappa shape index (κ1) is 15.9. The molecule has 8 nitrogen and oxygen atoms in total. The quantitative estimate of drug-likeness (QED) is 0.536. The molecule has 0 spiro atoms. The summed E-state index contributed by atoms with van der Waals surface area (Å²) in [5, 5.41) is 21.6. The Morgan fingerprint density at radius 1 is 1.50 bits per heavy atom. The summed E-state index contributed by atoms with van der Waals surface area (Å²) < 4.78 is 0. The van der Waals surface area contributed by atoms with Crippen LogP contribution in [0.4, 0.5) is 11.4 Å². The van der Waals surface area contributed by atoms with Crippen LogP contribution in [0, 0.1) is 10.1 Å². The molecule has 0 heterocycles. The van der Waals surface area contributed by atoms with Gasteiger partial charge in [-0.15, -0.1) is 0 Å². The molecule has 1 rings (SSSR count). The number of aliphatic carboxylic acids is 1. The summed E-state index contributed by atoms with van der Waals surface area (Å²) in [4.78, 5) is 32.1. The lowest BCUT2D eigenvalue weighted by Crippen LogP contribution is -2.36. The molecule has 108 valence electrons. The molecule has 0 aliphatic carbocycles. The number of hydrogen-bond acceptors (Lipinski definition) is 5. The fraction of sp³-hybridized carbons (Fsp3) is 0.273. The number of rotatable bonds is 6. The molecule has 9 heteroatoms. The van der Waals surface area contributed by atoms with Crippen LogP contribution in [0.3, 0.4) is 0 Å². The molecule has 1 aromatic carbocycles. The number of hydrogen-bond donors (Lipinski definition) is 3. The molecule has 1 amide bonds. The van der Waals surface area contributed by atoms with Gasteiger partial charge in [-0.2, -0.15) is 0 Å². The van der Waals surface area contributed by atoms with E-state index in [-0.39, 0.29) is 29.2 Å². The summed E-state index contributed by atoms with van der Waals surface area (Å²) in [6, 6.07) is 2.53. The molecule has 1 atom stereocenters. The standard InChI is InChI=1S/C11H12ClN3O5/c12-7-2-1-6(15(19)20)5-9(7)14-11(18)8(13)3-4-10(16)17/h1-2,5,8H,3-4,13H2,(H,14,18)(H,16,17). The SMILES string of the molecule is NC(CCC(=O)O)C(=O)Nc1cc([N+](=O)[O-])ccc1Cl. The lowest BCUT2D eigenvalue weighted by atomic mass is 10.1. The van der Waals surface area contributed by atoms with Gasteiger partial charge in [0.2, 0.25) is 5.91 Å². The summed E-state index contributed by atoms with van der Waals surface area (Å²) in [6.07, 6.45) is -0.301. The van der Waals surface area contributed by atoms with E-state index in [9.17, 15) is 19.7 Å². The van der Waals surface area contributed by atoms with Gasteiger partial charge in [0.05, 0.1) is 21.7 Å². The normalized spacial score (nSPS) is 11.7. The molecular weight excluding hydrogens is 290 g/mol. The Morgan fingerprint density at radius 2 is 2.15 bits per heavy atom. The van der Waals surface area contributed by atoms with Gasteiger partial charge in [-0.3, -0.25) is 19.7 Å². The van der Waals surface area contributed by atoms with Gasteiger partial charge in [0.15, 0.2) is 0 Å². The van der Waals surface area contributed by atoms with Crippen molar-refractivity contribution in [3.8, 4) is 0 Å². The molecule has 0 saturated heterocycles. The van der Waals surface area contributed by atoms with Crippen LogP contribution in [0.1, 0.15) is 12.8 Å². The topological polar surface area (TPSA) is 136 Å². The number of anilines is 1. The lowest BCUT2D eigenvalue weighted by molar-refractivity contribution is -0.384. The van der Waals surface area contributed by atoms with E-state index in [2.05, 4.69) is 5.32 Å². The molecule has 1 aromatic rings. The summed E-state index contributed by atoms with van der Waals surface area (Å²) in [5.41, 5.74) is 5.33. The second kappa shape index (κ2) is 6.83. The minimum Gasteiger partial charge on any atom is -0.481 e. The van der Waals surface area contributed by atoms with Crippen LogP contribution in [0.15, 0.2) is 18.2 Å². The number of carbonyl (C=O) groups is 2. The Hall–Kier alpha value is -2.19. The Bertz CT molecular complexity index is 549. The zero-order chi connectivity index (χ0) is 15.3. The smallest absolute Gasteiger partial charge is 0.303 e. The maximum absolute atomic E-state index is 11.7. The maximum Gasteiger partial charge on any atom is 0.303 e. The van der Waals surface area contributed by atoms with Crippen molar-refractivity contribution in [1.29, 1.82) is 0 Å². The summed E-state index contributed by atoms with van der Waals surface area (Å²) >= 11 is 5.80. The lowest BCUT2D eigenvalue weighted by Gasteiger charge is -2.12. The molecule has 0 bridgehead atoms. The number of nitrogens with two attached hydrogens (primary N) is 1. The predicted molar refractivity (Wildman–Crippen MR) is 71.6 cm³/mol. The highest BCUT2D eigenvalue weighted by Crippen LogP contribution is 2.26. The van der Waals surface area contributed by atoms with E-state index in [1.807, 2.05) is 0 Å². The van der Waals surface area contributed by atoms with Crippen LogP contribution in [-0.4, -0.2) is 27.9 Å². The van der Waals surface area contributed by atoms with E-state index >= 15 is 0 Å². The minimum atomic E-state index is -1.07. The van der Waals surface area contributed by atoms with Crippen LogP contribution in [0.2, 0.25) is 5.02 Å². The third kappa shape index (κ3) is 4.48. The first-order chi connectivity index (χ1) is 9.31. The van der Waals surface area contributed by atoms with Crippen molar-refractivity contribution in [2.45, 2.75) is 18.9 Å². The summed E-state index contributed by atoms with van der Waals surface area (Å²) in [7, 11) is 0. The average Bonchev–Trinajstić information content (AvgIpc) is 2.37. The number of carboxylic acids is 1. The minimum absolute atomic E-state index is 0.0479. The number of amides is 1. The largest absolute Gasteiger partial charge is 0.481 e. The third-order valence-electron chi connectivity index (χ3n) is 2.42. The van der Waals surface area contributed by atoms with Crippen LogP contribution >= 0.6 is 11.6 Å². The molecule has 1 unspecified atom stereocenters. The van der Waals surface area contributed by atoms with Gasteiger partial charge < -0.3 is 16.2 Å². The van der Waals surface area contributed by atoms with Crippen molar-refractivity contribution in [3.63, 3.8) is 0 Å². The van der Waals surface area contributed by atoms with Crippen molar-refractivity contribution >= 4 is 34.9 Å². The molecular formula is C11H12ClN3O5. The Balaban J connectivity index is 2.77. The van der Waals surface area contributed by atoms with Gasteiger partial charge in [0, 0.05) is 18.6 Å². The van der Waals surface area contributed by atoms with Crippen LogP contribution in [0.5, 0.6) is 0 Å². The number of carboxylic acid groups (broad SMARTS) is 1. The first-order valence-electron chi connectivity index (χ1n) is 5.53. The van der Waals surface area contributed by atoms with E-state index in [1.165, 1.54) is 12.1 Å². The molecule has 0 aromatic heterocycles. The van der Waals surface area contributed by atoms with Gasteiger partial charge in [0.25, 0.3) is 5.69 Å². The fourth-order valence-electron chi connectivity index (χ4n) is 1.36. The number of nitrogens with one attached hydrogen (secondary N) is 1. The van der Waals surface area contributed by atoms with Crippen molar-refractivity contribution in [1.82, 2.24) is 0 Å². The van der Waals surface area contributed by atoms with E-state index in [1.54, 1.807) is 0 Å².